The van der Waals surface area contributed by atoms with Gasteiger partial charge in [-0.3, -0.25) is 4.79 Å². The molecule has 2 aliphatic rings. The lowest BCUT2D eigenvalue weighted by Gasteiger charge is -2.39. The maximum absolute atomic E-state index is 12.8. The Morgan fingerprint density at radius 1 is 1.12 bits per heavy atom. The van der Waals surface area contributed by atoms with E-state index >= 15 is 0 Å². The molecule has 24 heavy (non-hydrogen) atoms. The predicted octanol–water partition coefficient (Wildman–Crippen LogP) is 2.09. The molecule has 0 saturated carbocycles. The Labute approximate surface area is 145 Å². The van der Waals surface area contributed by atoms with Crippen molar-refractivity contribution in [3.05, 3.63) is 35.4 Å². The van der Waals surface area contributed by atoms with E-state index in [0.29, 0.717) is 25.4 Å². The zero-order chi connectivity index (χ0) is 17.1. The van der Waals surface area contributed by atoms with Crippen molar-refractivity contribution in [3.63, 3.8) is 0 Å². The van der Waals surface area contributed by atoms with Crippen LogP contribution in [-0.4, -0.2) is 60.1 Å². The second kappa shape index (κ2) is 7.66. The number of carbonyl (C=O) groups excluding carboxylic acids is 1. The van der Waals surface area contributed by atoms with Crippen LogP contribution in [0.25, 0.3) is 0 Å². The van der Waals surface area contributed by atoms with Crippen LogP contribution in [0.3, 0.4) is 0 Å². The highest BCUT2D eigenvalue weighted by molar-refractivity contribution is 5.79. The molecule has 1 amide bonds. The molecule has 1 aromatic carbocycles. The normalized spacial score (nSPS) is 26.5. The number of piperidine rings is 2. The fraction of sp³-hybridized carbons (Fsp3) is 0.650. The van der Waals surface area contributed by atoms with Crippen LogP contribution in [0.5, 0.6) is 0 Å². The van der Waals surface area contributed by atoms with Crippen molar-refractivity contribution >= 4 is 5.91 Å². The van der Waals surface area contributed by atoms with E-state index in [2.05, 4.69) is 43.1 Å². The number of nitrogens with zero attached hydrogens (tertiary/aromatic N) is 2. The van der Waals surface area contributed by atoms with Crippen LogP contribution >= 0.6 is 0 Å². The van der Waals surface area contributed by atoms with Gasteiger partial charge < -0.3 is 14.9 Å². The Balaban J connectivity index is 1.60. The molecule has 0 radical (unpaired) electrons. The maximum atomic E-state index is 12.8. The first-order valence-corrected chi connectivity index (χ1v) is 9.24. The fourth-order valence-corrected chi connectivity index (χ4v) is 3.96. The summed E-state index contributed by atoms with van der Waals surface area (Å²) in [4.78, 5) is 17.1. The molecule has 2 fully saturated rings. The van der Waals surface area contributed by atoms with Gasteiger partial charge >= 0.3 is 0 Å². The number of hydrogen-bond acceptors (Lipinski definition) is 3. The van der Waals surface area contributed by atoms with Crippen LogP contribution in [0.15, 0.2) is 24.3 Å². The van der Waals surface area contributed by atoms with E-state index in [9.17, 15) is 9.90 Å². The van der Waals surface area contributed by atoms with Crippen molar-refractivity contribution in [1.29, 1.82) is 0 Å². The number of likely N-dealkylation sites (tertiary alicyclic amines) is 2. The summed E-state index contributed by atoms with van der Waals surface area (Å²) in [5.74, 6) is 0.636. The second-order valence-corrected chi connectivity index (χ2v) is 7.67. The van der Waals surface area contributed by atoms with Gasteiger partial charge in [0.15, 0.2) is 0 Å². The topological polar surface area (TPSA) is 43.8 Å². The highest BCUT2D eigenvalue weighted by atomic mass is 16.3. The van der Waals surface area contributed by atoms with Crippen LogP contribution in [-0.2, 0) is 11.2 Å². The Bertz CT molecular complexity index is 549. The van der Waals surface area contributed by atoms with Crippen LogP contribution in [0, 0.1) is 18.8 Å². The summed E-state index contributed by atoms with van der Waals surface area (Å²) in [6.45, 7) is 5.51. The number of aliphatic hydroxyl groups excluding tert-OH is 1. The van der Waals surface area contributed by atoms with E-state index in [0.717, 1.165) is 32.4 Å². The fourth-order valence-electron chi connectivity index (χ4n) is 3.96. The molecule has 2 saturated heterocycles. The minimum atomic E-state index is -0.298. The summed E-state index contributed by atoms with van der Waals surface area (Å²) in [5, 5.41) is 10.4. The van der Waals surface area contributed by atoms with Gasteiger partial charge in [-0.15, -0.1) is 0 Å². The van der Waals surface area contributed by atoms with Gasteiger partial charge in [0.1, 0.15) is 0 Å². The average Bonchev–Trinajstić information content (AvgIpc) is 2.59. The summed E-state index contributed by atoms with van der Waals surface area (Å²) in [6.07, 6.45) is 3.19. The molecule has 0 unspecified atom stereocenters. The Morgan fingerprint density at radius 2 is 1.79 bits per heavy atom. The highest BCUT2D eigenvalue weighted by Crippen LogP contribution is 2.25. The standard InChI is InChI=1S/C20H30N2O2/c1-15-3-5-16(6-4-15)13-18-14-22(12-9-19(18)23)20(24)17-7-10-21(2)11-8-17/h3-6,17-19,23H,7-14H2,1-2H3/t18-,19+/m1/s1. The molecule has 1 N–H and O–H groups in total. The van der Waals surface area contributed by atoms with E-state index in [1.807, 2.05) is 4.90 Å². The van der Waals surface area contributed by atoms with Crippen molar-refractivity contribution in [3.8, 4) is 0 Å². The van der Waals surface area contributed by atoms with Gasteiger partial charge in [0.2, 0.25) is 5.91 Å². The van der Waals surface area contributed by atoms with Crippen molar-refractivity contribution in [1.82, 2.24) is 9.80 Å². The third-order valence-corrected chi connectivity index (χ3v) is 5.69. The molecule has 0 spiro atoms. The van der Waals surface area contributed by atoms with E-state index < -0.39 is 0 Å². The largest absolute Gasteiger partial charge is 0.393 e. The number of aryl methyl sites for hydroxylation is 1. The first kappa shape index (κ1) is 17.4. The van der Waals surface area contributed by atoms with Crippen molar-refractivity contribution < 1.29 is 9.90 Å². The van der Waals surface area contributed by atoms with Gasteiger partial charge in [-0.25, -0.2) is 0 Å². The summed E-state index contributed by atoms with van der Waals surface area (Å²) >= 11 is 0. The molecule has 0 aliphatic carbocycles. The quantitative estimate of drug-likeness (QED) is 0.923. The zero-order valence-electron chi connectivity index (χ0n) is 14.9. The summed E-state index contributed by atoms with van der Waals surface area (Å²) in [5.41, 5.74) is 2.50. The lowest BCUT2D eigenvalue weighted by molar-refractivity contribution is -0.140. The summed E-state index contributed by atoms with van der Waals surface area (Å²) < 4.78 is 0. The molecular formula is C20H30N2O2. The third-order valence-electron chi connectivity index (χ3n) is 5.69. The molecule has 4 heteroatoms. The van der Waals surface area contributed by atoms with Gasteiger partial charge in [-0.2, -0.15) is 0 Å². The monoisotopic (exact) mass is 330 g/mol. The molecular weight excluding hydrogens is 300 g/mol. The van der Waals surface area contributed by atoms with Crippen molar-refractivity contribution in [2.45, 2.75) is 38.7 Å². The average molecular weight is 330 g/mol. The van der Waals surface area contributed by atoms with E-state index in [1.165, 1.54) is 11.1 Å². The molecule has 0 bridgehead atoms. The molecule has 4 nitrogen and oxygen atoms in total. The summed E-state index contributed by atoms with van der Waals surface area (Å²) in [6, 6.07) is 8.51. The molecule has 0 aromatic heterocycles. The molecule has 2 atom stereocenters. The smallest absolute Gasteiger partial charge is 0.225 e. The van der Waals surface area contributed by atoms with Crippen molar-refractivity contribution in [2.75, 3.05) is 33.2 Å². The number of hydrogen-bond donors (Lipinski definition) is 1. The number of rotatable bonds is 3. The first-order chi connectivity index (χ1) is 11.5. The number of amides is 1. The zero-order valence-corrected chi connectivity index (χ0v) is 14.9. The first-order valence-electron chi connectivity index (χ1n) is 9.24. The Morgan fingerprint density at radius 3 is 2.46 bits per heavy atom. The number of benzene rings is 1. The molecule has 1 aromatic rings. The van der Waals surface area contributed by atoms with Crippen LogP contribution in [0.2, 0.25) is 0 Å². The molecule has 2 aliphatic heterocycles. The molecule has 2 heterocycles. The number of aliphatic hydroxyl groups is 1. The van der Waals surface area contributed by atoms with Gasteiger partial charge in [-0.05, 0) is 58.3 Å². The van der Waals surface area contributed by atoms with E-state index in [4.69, 9.17) is 0 Å². The van der Waals surface area contributed by atoms with Gasteiger partial charge in [0, 0.05) is 24.9 Å². The highest BCUT2D eigenvalue weighted by Gasteiger charge is 2.34. The van der Waals surface area contributed by atoms with Crippen LogP contribution in [0.1, 0.15) is 30.4 Å². The lowest BCUT2D eigenvalue weighted by Crippen LogP contribution is -2.50. The predicted molar refractivity (Wildman–Crippen MR) is 95.8 cm³/mol. The third kappa shape index (κ3) is 4.17. The minimum absolute atomic E-state index is 0.150. The summed E-state index contributed by atoms with van der Waals surface area (Å²) in [7, 11) is 2.12. The minimum Gasteiger partial charge on any atom is -0.393 e. The number of carbonyl (C=O) groups is 1. The Kier molecular flexibility index (Phi) is 5.57. The van der Waals surface area contributed by atoms with Crippen LogP contribution < -0.4 is 0 Å². The molecule has 132 valence electrons. The maximum Gasteiger partial charge on any atom is 0.225 e. The van der Waals surface area contributed by atoms with Gasteiger partial charge in [0.25, 0.3) is 0 Å². The SMILES string of the molecule is Cc1ccc(C[C@@H]2CN(C(=O)C3CCN(C)CC3)CC[C@@H]2O)cc1. The lowest BCUT2D eigenvalue weighted by atomic mass is 9.87. The molecule has 3 rings (SSSR count). The van der Waals surface area contributed by atoms with Crippen LogP contribution in [0.4, 0.5) is 0 Å². The van der Waals surface area contributed by atoms with E-state index in [1.54, 1.807) is 0 Å². The van der Waals surface area contributed by atoms with Crippen molar-refractivity contribution in [2.24, 2.45) is 11.8 Å². The van der Waals surface area contributed by atoms with Gasteiger partial charge in [0.05, 0.1) is 6.10 Å². The van der Waals surface area contributed by atoms with E-state index in [-0.39, 0.29) is 17.9 Å². The van der Waals surface area contributed by atoms with Gasteiger partial charge in [-0.1, -0.05) is 29.8 Å². The Hall–Kier alpha value is -1.39. The second-order valence-electron chi connectivity index (χ2n) is 7.67.